The van der Waals surface area contributed by atoms with E-state index in [0.717, 1.165) is 48.5 Å². The molecule has 1 fully saturated rings. The number of aromatic nitrogens is 1. The Morgan fingerprint density at radius 1 is 1.30 bits per heavy atom. The standard InChI is InChI=1S/C16H20N2O2/c1-11-5-7-18(8-6-11)16(19)15-10-12-9-13(20-2)3-4-14(12)17-15/h3-4,9-11,17H,5-8H2,1-2H3. The molecule has 1 N–H and O–H groups in total. The lowest BCUT2D eigenvalue weighted by molar-refractivity contribution is 0.0692. The second-order valence-corrected chi connectivity index (χ2v) is 5.61. The van der Waals surface area contributed by atoms with Crippen LogP contribution in [0.5, 0.6) is 5.75 Å². The third-order valence-corrected chi connectivity index (χ3v) is 4.13. The summed E-state index contributed by atoms with van der Waals surface area (Å²) < 4.78 is 5.21. The SMILES string of the molecule is COc1ccc2[nH]c(C(=O)N3CCC(C)CC3)cc2c1. The summed E-state index contributed by atoms with van der Waals surface area (Å²) in [6, 6.07) is 7.71. The van der Waals surface area contributed by atoms with E-state index < -0.39 is 0 Å². The number of benzene rings is 1. The maximum absolute atomic E-state index is 12.5. The van der Waals surface area contributed by atoms with E-state index in [-0.39, 0.29) is 5.91 Å². The molecule has 1 aromatic carbocycles. The molecule has 0 bridgehead atoms. The van der Waals surface area contributed by atoms with Crippen molar-refractivity contribution < 1.29 is 9.53 Å². The first-order valence-corrected chi connectivity index (χ1v) is 7.13. The molecule has 1 aliphatic heterocycles. The normalized spacial score (nSPS) is 16.6. The van der Waals surface area contributed by atoms with Gasteiger partial charge in [-0.05, 0) is 43.0 Å². The highest BCUT2D eigenvalue weighted by Crippen LogP contribution is 2.23. The molecule has 1 aromatic heterocycles. The zero-order chi connectivity index (χ0) is 14.1. The fourth-order valence-corrected chi connectivity index (χ4v) is 2.73. The van der Waals surface area contributed by atoms with Gasteiger partial charge >= 0.3 is 0 Å². The van der Waals surface area contributed by atoms with Crippen molar-refractivity contribution in [2.75, 3.05) is 20.2 Å². The molecule has 2 aromatic rings. The van der Waals surface area contributed by atoms with Crippen molar-refractivity contribution in [3.8, 4) is 5.75 Å². The van der Waals surface area contributed by atoms with Gasteiger partial charge in [0.15, 0.2) is 0 Å². The number of ether oxygens (including phenoxy) is 1. The Morgan fingerprint density at radius 3 is 2.75 bits per heavy atom. The number of fused-ring (bicyclic) bond motifs is 1. The van der Waals surface area contributed by atoms with Crippen LogP contribution in [0, 0.1) is 5.92 Å². The number of piperidine rings is 1. The Morgan fingerprint density at radius 2 is 2.05 bits per heavy atom. The van der Waals surface area contributed by atoms with Gasteiger partial charge < -0.3 is 14.6 Å². The van der Waals surface area contributed by atoms with E-state index >= 15 is 0 Å². The third-order valence-electron chi connectivity index (χ3n) is 4.13. The Bertz CT molecular complexity index is 624. The van der Waals surface area contributed by atoms with Crippen molar-refractivity contribution in [1.29, 1.82) is 0 Å². The fourth-order valence-electron chi connectivity index (χ4n) is 2.73. The number of H-pyrrole nitrogens is 1. The summed E-state index contributed by atoms with van der Waals surface area (Å²) in [5, 5.41) is 1.01. The van der Waals surface area contributed by atoms with Crippen molar-refractivity contribution >= 4 is 16.8 Å². The first-order chi connectivity index (χ1) is 9.67. The van der Waals surface area contributed by atoms with Crippen LogP contribution in [-0.2, 0) is 0 Å². The number of carbonyl (C=O) groups excluding carboxylic acids is 1. The smallest absolute Gasteiger partial charge is 0.270 e. The average Bonchev–Trinajstić information content (AvgIpc) is 2.90. The van der Waals surface area contributed by atoms with E-state index in [1.54, 1.807) is 7.11 Å². The molecule has 4 heteroatoms. The molecule has 0 atom stereocenters. The highest BCUT2D eigenvalue weighted by molar-refractivity contribution is 5.98. The summed E-state index contributed by atoms with van der Waals surface area (Å²) in [6.07, 6.45) is 2.19. The molecule has 20 heavy (non-hydrogen) atoms. The van der Waals surface area contributed by atoms with Gasteiger partial charge in [0, 0.05) is 24.0 Å². The minimum Gasteiger partial charge on any atom is -0.497 e. The van der Waals surface area contributed by atoms with Crippen LogP contribution in [0.3, 0.4) is 0 Å². The lowest BCUT2D eigenvalue weighted by atomic mass is 9.99. The molecular weight excluding hydrogens is 252 g/mol. The van der Waals surface area contributed by atoms with Crippen molar-refractivity contribution in [1.82, 2.24) is 9.88 Å². The maximum atomic E-state index is 12.5. The van der Waals surface area contributed by atoms with E-state index in [2.05, 4.69) is 11.9 Å². The fraction of sp³-hybridized carbons (Fsp3) is 0.438. The summed E-state index contributed by atoms with van der Waals surface area (Å²) in [5.41, 5.74) is 1.64. The predicted molar refractivity (Wildman–Crippen MR) is 79.2 cm³/mol. The lowest BCUT2D eigenvalue weighted by Gasteiger charge is -2.29. The van der Waals surface area contributed by atoms with Gasteiger partial charge in [0.05, 0.1) is 7.11 Å². The molecule has 106 valence electrons. The van der Waals surface area contributed by atoms with E-state index in [0.29, 0.717) is 5.69 Å². The molecule has 4 nitrogen and oxygen atoms in total. The average molecular weight is 272 g/mol. The summed E-state index contributed by atoms with van der Waals surface area (Å²) in [4.78, 5) is 17.6. The number of nitrogens with one attached hydrogen (secondary N) is 1. The molecular formula is C16H20N2O2. The number of nitrogens with zero attached hydrogens (tertiary/aromatic N) is 1. The number of aromatic amines is 1. The van der Waals surface area contributed by atoms with E-state index in [1.807, 2.05) is 29.2 Å². The van der Waals surface area contributed by atoms with Gasteiger partial charge in [-0.25, -0.2) is 0 Å². The highest BCUT2D eigenvalue weighted by atomic mass is 16.5. The molecule has 1 aliphatic rings. The minimum absolute atomic E-state index is 0.104. The van der Waals surface area contributed by atoms with E-state index in [1.165, 1.54) is 0 Å². The van der Waals surface area contributed by atoms with Crippen LogP contribution in [-0.4, -0.2) is 36.0 Å². The van der Waals surface area contributed by atoms with E-state index in [4.69, 9.17) is 4.74 Å². The van der Waals surface area contributed by atoms with Gasteiger partial charge in [0.2, 0.25) is 0 Å². The molecule has 0 spiro atoms. The molecule has 2 heterocycles. The number of amides is 1. The molecule has 0 radical (unpaired) electrons. The van der Waals surface area contributed by atoms with Crippen LogP contribution in [0.2, 0.25) is 0 Å². The second kappa shape index (κ2) is 5.19. The van der Waals surface area contributed by atoms with E-state index in [9.17, 15) is 4.79 Å². The number of hydrogen-bond donors (Lipinski definition) is 1. The van der Waals surface area contributed by atoms with Gasteiger partial charge in [-0.2, -0.15) is 0 Å². The van der Waals surface area contributed by atoms with Gasteiger partial charge in [0.25, 0.3) is 5.91 Å². The van der Waals surface area contributed by atoms with Crippen molar-refractivity contribution in [2.24, 2.45) is 5.92 Å². The summed E-state index contributed by atoms with van der Waals surface area (Å²) >= 11 is 0. The zero-order valence-electron chi connectivity index (χ0n) is 12.0. The van der Waals surface area contributed by atoms with Crippen LogP contribution < -0.4 is 4.74 Å². The number of hydrogen-bond acceptors (Lipinski definition) is 2. The topological polar surface area (TPSA) is 45.3 Å². The van der Waals surface area contributed by atoms with Crippen molar-refractivity contribution in [3.63, 3.8) is 0 Å². The lowest BCUT2D eigenvalue weighted by Crippen LogP contribution is -2.38. The van der Waals surface area contributed by atoms with Crippen molar-refractivity contribution in [3.05, 3.63) is 30.0 Å². The molecule has 0 saturated carbocycles. The zero-order valence-corrected chi connectivity index (χ0v) is 12.0. The Labute approximate surface area is 118 Å². The van der Waals surface area contributed by atoms with Crippen molar-refractivity contribution in [2.45, 2.75) is 19.8 Å². The quantitative estimate of drug-likeness (QED) is 0.913. The molecule has 1 saturated heterocycles. The number of likely N-dealkylation sites (tertiary alicyclic amines) is 1. The minimum atomic E-state index is 0.104. The van der Waals surface area contributed by atoms with Crippen LogP contribution in [0.4, 0.5) is 0 Å². The first kappa shape index (κ1) is 13.0. The first-order valence-electron chi connectivity index (χ1n) is 7.13. The largest absolute Gasteiger partial charge is 0.497 e. The molecule has 3 rings (SSSR count). The Kier molecular flexibility index (Phi) is 3.38. The second-order valence-electron chi connectivity index (χ2n) is 5.61. The van der Waals surface area contributed by atoms with Gasteiger partial charge in [-0.3, -0.25) is 4.79 Å². The van der Waals surface area contributed by atoms with Crippen LogP contribution in [0.25, 0.3) is 10.9 Å². The molecule has 0 unspecified atom stereocenters. The molecule has 0 aliphatic carbocycles. The predicted octanol–water partition coefficient (Wildman–Crippen LogP) is 3.05. The van der Waals surface area contributed by atoms with Gasteiger partial charge in [0.1, 0.15) is 11.4 Å². The number of carbonyl (C=O) groups is 1. The highest BCUT2D eigenvalue weighted by Gasteiger charge is 2.22. The Hall–Kier alpha value is -1.97. The Balaban J connectivity index is 1.84. The monoisotopic (exact) mass is 272 g/mol. The van der Waals surface area contributed by atoms with Crippen LogP contribution in [0.1, 0.15) is 30.3 Å². The van der Waals surface area contributed by atoms with Crippen LogP contribution in [0.15, 0.2) is 24.3 Å². The van der Waals surface area contributed by atoms with Gasteiger partial charge in [-0.15, -0.1) is 0 Å². The number of methoxy groups -OCH3 is 1. The summed E-state index contributed by atoms with van der Waals surface area (Å²) in [7, 11) is 1.65. The maximum Gasteiger partial charge on any atom is 0.270 e. The molecule has 1 amide bonds. The summed E-state index contributed by atoms with van der Waals surface area (Å²) in [6.45, 7) is 3.97. The third kappa shape index (κ3) is 2.38. The van der Waals surface area contributed by atoms with Gasteiger partial charge in [-0.1, -0.05) is 6.92 Å². The summed E-state index contributed by atoms with van der Waals surface area (Å²) in [5.74, 6) is 1.64. The number of rotatable bonds is 2. The van der Waals surface area contributed by atoms with Crippen LogP contribution >= 0.6 is 0 Å².